The van der Waals surface area contributed by atoms with Crippen molar-refractivity contribution in [3.8, 4) is 17.2 Å². The molecule has 2 heterocycles. The van der Waals surface area contributed by atoms with Crippen molar-refractivity contribution in [1.29, 1.82) is 0 Å². The van der Waals surface area contributed by atoms with Gasteiger partial charge in [0.05, 0.1) is 32.9 Å². The minimum atomic E-state index is 0.208. The second kappa shape index (κ2) is 11.1. The van der Waals surface area contributed by atoms with Crippen molar-refractivity contribution in [1.82, 2.24) is 15.5 Å². The summed E-state index contributed by atoms with van der Waals surface area (Å²) in [5.74, 6) is 3.22. The van der Waals surface area contributed by atoms with Crippen LogP contribution in [0, 0.1) is 0 Å². The zero-order chi connectivity index (χ0) is 22.2. The molecule has 0 aliphatic carbocycles. The largest absolute Gasteiger partial charge is 0.497 e. The maximum atomic E-state index is 5.57. The van der Waals surface area contributed by atoms with Crippen LogP contribution in [0.15, 0.2) is 47.5 Å². The predicted molar refractivity (Wildman–Crippen MR) is 124 cm³/mol. The summed E-state index contributed by atoms with van der Waals surface area (Å²) in [7, 11) is 1.69. The van der Waals surface area contributed by atoms with Gasteiger partial charge >= 0.3 is 0 Å². The van der Waals surface area contributed by atoms with E-state index in [1.807, 2.05) is 30.3 Å². The Bertz CT molecular complexity index is 897. The molecule has 2 aromatic carbocycles. The lowest BCUT2D eigenvalue weighted by Gasteiger charge is -2.35. The summed E-state index contributed by atoms with van der Waals surface area (Å²) in [6.07, 6.45) is 0. The van der Waals surface area contributed by atoms with E-state index in [2.05, 4.69) is 34.6 Å². The molecule has 0 bridgehead atoms. The highest BCUT2D eigenvalue weighted by Crippen LogP contribution is 2.32. The van der Waals surface area contributed by atoms with E-state index in [0.717, 1.165) is 68.2 Å². The van der Waals surface area contributed by atoms with Gasteiger partial charge in [-0.25, -0.2) is 4.99 Å². The minimum Gasteiger partial charge on any atom is -0.497 e. The zero-order valence-corrected chi connectivity index (χ0v) is 18.8. The maximum absolute atomic E-state index is 5.57. The molecule has 1 unspecified atom stereocenters. The summed E-state index contributed by atoms with van der Waals surface area (Å²) in [4.78, 5) is 7.24. The normalized spacial score (nSPS) is 17.1. The van der Waals surface area contributed by atoms with Crippen LogP contribution in [0.3, 0.4) is 0 Å². The van der Waals surface area contributed by atoms with Crippen LogP contribution in [0.4, 0.5) is 0 Å². The second-order valence-electron chi connectivity index (χ2n) is 7.70. The standard InChI is InChI=1S/C24H32N4O4/c1-3-25-24(26-15-18-4-9-22-23(14-18)32-17-31-22)27-16-21(28-10-12-30-13-11-28)19-5-7-20(29-2)8-6-19/h4-9,14,21H,3,10-13,15-17H2,1-2H3,(H2,25,26,27). The molecular formula is C24H32N4O4. The lowest BCUT2D eigenvalue weighted by molar-refractivity contribution is 0.0170. The first-order chi connectivity index (χ1) is 15.8. The van der Waals surface area contributed by atoms with Gasteiger partial charge in [0, 0.05) is 26.2 Å². The number of ether oxygens (including phenoxy) is 4. The summed E-state index contributed by atoms with van der Waals surface area (Å²) < 4.78 is 21.8. The molecule has 8 heteroatoms. The molecule has 32 heavy (non-hydrogen) atoms. The SMILES string of the molecule is CCNC(=NCc1ccc2c(c1)OCO2)NCC(c1ccc(OC)cc1)N1CCOCC1. The van der Waals surface area contributed by atoms with Crippen molar-refractivity contribution in [3.05, 3.63) is 53.6 Å². The molecule has 1 saturated heterocycles. The van der Waals surface area contributed by atoms with E-state index >= 15 is 0 Å². The average molecular weight is 441 g/mol. The number of methoxy groups -OCH3 is 1. The third-order valence-corrected chi connectivity index (χ3v) is 5.65. The van der Waals surface area contributed by atoms with Gasteiger partial charge in [0.25, 0.3) is 0 Å². The molecule has 4 rings (SSSR count). The zero-order valence-electron chi connectivity index (χ0n) is 18.8. The van der Waals surface area contributed by atoms with Gasteiger partial charge in [-0.05, 0) is 42.3 Å². The van der Waals surface area contributed by atoms with Crippen molar-refractivity contribution < 1.29 is 18.9 Å². The van der Waals surface area contributed by atoms with Crippen LogP contribution in [-0.2, 0) is 11.3 Å². The fraction of sp³-hybridized carbons (Fsp3) is 0.458. The van der Waals surface area contributed by atoms with E-state index < -0.39 is 0 Å². The van der Waals surface area contributed by atoms with Gasteiger partial charge in [0.2, 0.25) is 6.79 Å². The number of hydrogen-bond acceptors (Lipinski definition) is 6. The van der Waals surface area contributed by atoms with E-state index in [-0.39, 0.29) is 12.8 Å². The minimum absolute atomic E-state index is 0.208. The number of aliphatic imine (C=N–C) groups is 1. The number of guanidine groups is 1. The first kappa shape index (κ1) is 22.2. The monoisotopic (exact) mass is 440 g/mol. The first-order valence-corrected chi connectivity index (χ1v) is 11.1. The highest BCUT2D eigenvalue weighted by Gasteiger charge is 2.23. The molecule has 172 valence electrons. The summed E-state index contributed by atoms with van der Waals surface area (Å²) in [5.41, 5.74) is 2.32. The molecule has 2 aromatic rings. The van der Waals surface area contributed by atoms with Crippen LogP contribution in [0.2, 0.25) is 0 Å². The summed E-state index contributed by atoms with van der Waals surface area (Å²) >= 11 is 0. The molecular weight excluding hydrogens is 408 g/mol. The molecule has 2 N–H and O–H groups in total. The van der Waals surface area contributed by atoms with Crippen LogP contribution in [0.25, 0.3) is 0 Å². The molecule has 1 atom stereocenters. The predicted octanol–water partition coefficient (Wildman–Crippen LogP) is 2.55. The van der Waals surface area contributed by atoms with E-state index in [1.165, 1.54) is 5.56 Å². The molecule has 0 aromatic heterocycles. The summed E-state index contributed by atoms with van der Waals surface area (Å²) in [6, 6.07) is 14.5. The summed E-state index contributed by atoms with van der Waals surface area (Å²) in [6.45, 7) is 7.75. The van der Waals surface area contributed by atoms with E-state index in [1.54, 1.807) is 7.11 Å². The fourth-order valence-corrected chi connectivity index (χ4v) is 3.92. The Labute approximate surface area is 189 Å². The number of nitrogens with zero attached hydrogens (tertiary/aromatic N) is 2. The van der Waals surface area contributed by atoms with Crippen LogP contribution in [0.5, 0.6) is 17.2 Å². The topological polar surface area (TPSA) is 76.6 Å². The number of nitrogens with one attached hydrogen (secondary N) is 2. The van der Waals surface area contributed by atoms with Gasteiger partial charge < -0.3 is 29.6 Å². The molecule has 8 nitrogen and oxygen atoms in total. The number of benzene rings is 2. The van der Waals surface area contributed by atoms with E-state index in [0.29, 0.717) is 6.54 Å². The Morgan fingerprint density at radius 1 is 1.06 bits per heavy atom. The molecule has 2 aliphatic heterocycles. The van der Waals surface area contributed by atoms with Crippen molar-refractivity contribution in [2.75, 3.05) is 53.3 Å². The molecule has 0 radical (unpaired) electrons. The Morgan fingerprint density at radius 2 is 1.84 bits per heavy atom. The van der Waals surface area contributed by atoms with E-state index in [9.17, 15) is 0 Å². The highest BCUT2D eigenvalue weighted by molar-refractivity contribution is 5.79. The Kier molecular flexibility index (Phi) is 7.68. The van der Waals surface area contributed by atoms with Crippen LogP contribution < -0.4 is 24.8 Å². The van der Waals surface area contributed by atoms with Gasteiger partial charge in [0.15, 0.2) is 17.5 Å². The smallest absolute Gasteiger partial charge is 0.231 e. The van der Waals surface area contributed by atoms with Crippen molar-refractivity contribution in [3.63, 3.8) is 0 Å². The quantitative estimate of drug-likeness (QED) is 0.483. The van der Waals surface area contributed by atoms with Crippen molar-refractivity contribution in [2.24, 2.45) is 4.99 Å². The van der Waals surface area contributed by atoms with Crippen LogP contribution in [0.1, 0.15) is 24.1 Å². The summed E-state index contributed by atoms with van der Waals surface area (Å²) in [5, 5.41) is 6.89. The van der Waals surface area contributed by atoms with Crippen LogP contribution >= 0.6 is 0 Å². The van der Waals surface area contributed by atoms with Crippen molar-refractivity contribution >= 4 is 5.96 Å². The number of hydrogen-bond donors (Lipinski definition) is 2. The van der Waals surface area contributed by atoms with Gasteiger partial charge in [-0.15, -0.1) is 0 Å². The lowest BCUT2D eigenvalue weighted by atomic mass is 10.0. The number of morpholine rings is 1. The lowest BCUT2D eigenvalue weighted by Crippen LogP contribution is -2.46. The van der Waals surface area contributed by atoms with Crippen molar-refractivity contribution in [2.45, 2.75) is 19.5 Å². The second-order valence-corrected chi connectivity index (χ2v) is 7.70. The Balaban J connectivity index is 1.45. The number of fused-ring (bicyclic) bond motifs is 1. The molecule has 0 amide bonds. The van der Waals surface area contributed by atoms with Gasteiger partial charge in [0.1, 0.15) is 5.75 Å². The highest BCUT2D eigenvalue weighted by atomic mass is 16.7. The van der Waals surface area contributed by atoms with Gasteiger partial charge in [-0.2, -0.15) is 0 Å². The Morgan fingerprint density at radius 3 is 2.59 bits per heavy atom. The number of rotatable bonds is 8. The third kappa shape index (κ3) is 5.63. The maximum Gasteiger partial charge on any atom is 0.231 e. The molecule has 0 spiro atoms. The molecule has 1 fully saturated rings. The fourth-order valence-electron chi connectivity index (χ4n) is 3.92. The average Bonchev–Trinajstić information content (AvgIpc) is 3.31. The molecule has 0 saturated carbocycles. The van der Waals surface area contributed by atoms with Gasteiger partial charge in [-0.3, -0.25) is 4.90 Å². The van der Waals surface area contributed by atoms with E-state index in [4.69, 9.17) is 23.9 Å². The third-order valence-electron chi connectivity index (χ3n) is 5.65. The van der Waals surface area contributed by atoms with Gasteiger partial charge in [-0.1, -0.05) is 18.2 Å². The molecule has 2 aliphatic rings. The van der Waals surface area contributed by atoms with Crippen LogP contribution in [-0.4, -0.2) is 64.2 Å². The Hall–Kier alpha value is -2.97. The first-order valence-electron chi connectivity index (χ1n) is 11.1.